The van der Waals surface area contributed by atoms with Crippen LogP contribution in [0.25, 0.3) is 10.9 Å². The van der Waals surface area contributed by atoms with E-state index in [1.807, 2.05) is 30.3 Å². The molecule has 27 heavy (non-hydrogen) atoms. The first kappa shape index (κ1) is 17.9. The first-order valence-corrected chi connectivity index (χ1v) is 9.53. The Kier molecular flexibility index (Phi) is 5.03. The van der Waals surface area contributed by atoms with Crippen LogP contribution in [-0.2, 0) is 0 Å². The topological polar surface area (TPSA) is 76.7 Å². The molecule has 0 unspecified atom stereocenters. The summed E-state index contributed by atoms with van der Waals surface area (Å²) in [6.07, 6.45) is 3.24. The summed E-state index contributed by atoms with van der Waals surface area (Å²) in [7, 11) is 0. The van der Waals surface area contributed by atoms with Gasteiger partial charge in [0.2, 0.25) is 0 Å². The number of pyridine rings is 1. The summed E-state index contributed by atoms with van der Waals surface area (Å²) in [5.74, 6) is 0.499. The van der Waals surface area contributed by atoms with Gasteiger partial charge >= 0.3 is 0 Å². The predicted molar refractivity (Wildman–Crippen MR) is 112 cm³/mol. The first-order valence-electron chi connectivity index (χ1n) is 7.96. The molecule has 0 aliphatic carbocycles. The largest absolute Gasteiger partial charge is 0.394 e. The van der Waals surface area contributed by atoms with Gasteiger partial charge in [0.25, 0.3) is 0 Å². The van der Waals surface area contributed by atoms with Crippen molar-refractivity contribution in [1.82, 2.24) is 15.0 Å². The Bertz CT molecular complexity index is 1130. The van der Waals surface area contributed by atoms with Gasteiger partial charge < -0.3 is 11.1 Å². The summed E-state index contributed by atoms with van der Waals surface area (Å²) in [4.78, 5) is 14.0. The van der Waals surface area contributed by atoms with Crippen molar-refractivity contribution in [2.45, 2.75) is 9.92 Å². The number of hydrogen-bond donors (Lipinski definition) is 2. The normalized spacial score (nSPS) is 10.9. The number of para-hydroxylation sites is 1. The molecule has 2 aromatic carbocycles. The number of nitrogens with zero attached hydrogens (tertiary/aromatic N) is 3. The van der Waals surface area contributed by atoms with Crippen molar-refractivity contribution in [1.29, 1.82) is 0 Å². The van der Waals surface area contributed by atoms with Crippen molar-refractivity contribution < 1.29 is 0 Å². The van der Waals surface area contributed by atoms with E-state index in [0.717, 1.165) is 21.5 Å². The number of aromatic nitrogens is 3. The standard InChI is InChI=1S/C19H13Cl2N5S/c20-13-7-6-12(9-14(13)21)26-18-16(22)19(25-10-24-18)27-15-5-1-3-11-4-2-8-23-17(11)15/h1-10H,22H2,(H,24,25,26). The van der Waals surface area contributed by atoms with E-state index in [2.05, 4.69) is 20.3 Å². The van der Waals surface area contributed by atoms with E-state index in [0.29, 0.717) is 26.6 Å². The average molecular weight is 414 g/mol. The molecule has 2 heterocycles. The predicted octanol–water partition coefficient (Wildman–Crippen LogP) is 5.81. The smallest absolute Gasteiger partial charge is 0.158 e. The van der Waals surface area contributed by atoms with Crippen LogP contribution in [0.3, 0.4) is 0 Å². The van der Waals surface area contributed by atoms with Crippen molar-refractivity contribution in [3.8, 4) is 0 Å². The van der Waals surface area contributed by atoms with Crippen LogP contribution in [0.5, 0.6) is 0 Å². The van der Waals surface area contributed by atoms with E-state index in [1.165, 1.54) is 18.1 Å². The molecule has 0 amide bonds. The highest BCUT2D eigenvalue weighted by Crippen LogP contribution is 2.37. The second-order valence-corrected chi connectivity index (χ2v) is 7.47. The molecule has 0 spiro atoms. The number of nitrogen functional groups attached to an aromatic ring is 1. The zero-order valence-electron chi connectivity index (χ0n) is 13.9. The first-order chi connectivity index (χ1) is 13.1. The lowest BCUT2D eigenvalue weighted by molar-refractivity contribution is 1.06. The third kappa shape index (κ3) is 3.78. The monoisotopic (exact) mass is 413 g/mol. The lowest BCUT2D eigenvalue weighted by atomic mass is 10.2. The van der Waals surface area contributed by atoms with Gasteiger partial charge in [-0.2, -0.15) is 0 Å². The van der Waals surface area contributed by atoms with E-state index >= 15 is 0 Å². The summed E-state index contributed by atoms with van der Waals surface area (Å²) < 4.78 is 0. The van der Waals surface area contributed by atoms with Gasteiger partial charge in [0.15, 0.2) is 5.82 Å². The van der Waals surface area contributed by atoms with Crippen molar-refractivity contribution in [2.24, 2.45) is 0 Å². The van der Waals surface area contributed by atoms with Crippen molar-refractivity contribution >= 4 is 63.1 Å². The highest BCUT2D eigenvalue weighted by atomic mass is 35.5. The molecule has 0 atom stereocenters. The Morgan fingerprint density at radius 2 is 1.78 bits per heavy atom. The molecule has 2 aromatic heterocycles. The molecule has 5 nitrogen and oxygen atoms in total. The van der Waals surface area contributed by atoms with Gasteiger partial charge in [-0.25, -0.2) is 9.97 Å². The Hall–Kier alpha value is -2.54. The van der Waals surface area contributed by atoms with Crippen LogP contribution in [-0.4, -0.2) is 15.0 Å². The van der Waals surface area contributed by atoms with Crippen molar-refractivity contribution in [3.05, 3.63) is 71.1 Å². The summed E-state index contributed by atoms with van der Waals surface area (Å²) >= 11 is 13.5. The minimum atomic E-state index is 0.446. The van der Waals surface area contributed by atoms with E-state index in [4.69, 9.17) is 28.9 Å². The molecule has 3 N–H and O–H groups in total. The average Bonchev–Trinajstić information content (AvgIpc) is 2.68. The van der Waals surface area contributed by atoms with Crippen LogP contribution in [0, 0.1) is 0 Å². The van der Waals surface area contributed by atoms with Gasteiger partial charge in [0.05, 0.1) is 15.6 Å². The van der Waals surface area contributed by atoms with Gasteiger partial charge in [0.1, 0.15) is 17.0 Å². The van der Waals surface area contributed by atoms with Crippen LogP contribution in [0.15, 0.2) is 71.0 Å². The van der Waals surface area contributed by atoms with Crippen LogP contribution < -0.4 is 11.1 Å². The number of hydrogen-bond acceptors (Lipinski definition) is 6. The maximum atomic E-state index is 6.30. The number of rotatable bonds is 4. The SMILES string of the molecule is Nc1c(Nc2ccc(Cl)c(Cl)c2)ncnc1Sc1cccc2cccnc12. The van der Waals surface area contributed by atoms with Gasteiger partial charge in [-0.1, -0.05) is 53.2 Å². The van der Waals surface area contributed by atoms with Crippen molar-refractivity contribution in [3.63, 3.8) is 0 Å². The molecule has 0 radical (unpaired) electrons. The van der Waals surface area contributed by atoms with Gasteiger partial charge in [0, 0.05) is 22.2 Å². The molecule has 134 valence electrons. The maximum absolute atomic E-state index is 6.30. The molecule has 0 fully saturated rings. The van der Waals surface area contributed by atoms with Crippen molar-refractivity contribution in [2.75, 3.05) is 11.1 Å². The molecule has 8 heteroatoms. The second-order valence-electron chi connectivity index (χ2n) is 5.63. The van der Waals surface area contributed by atoms with Crippen LogP contribution >= 0.6 is 35.0 Å². The fourth-order valence-electron chi connectivity index (χ4n) is 2.53. The number of nitrogens with one attached hydrogen (secondary N) is 1. The van der Waals surface area contributed by atoms with Crippen LogP contribution in [0.1, 0.15) is 0 Å². The Labute approximate surface area is 170 Å². The zero-order chi connectivity index (χ0) is 18.8. The summed E-state index contributed by atoms with van der Waals surface area (Å²) in [5.41, 5.74) is 8.39. The third-order valence-electron chi connectivity index (χ3n) is 3.83. The number of benzene rings is 2. The molecule has 0 aliphatic heterocycles. The zero-order valence-corrected chi connectivity index (χ0v) is 16.2. The maximum Gasteiger partial charge on any atom is 0.158 e. The summed E-state index contributed by atoms with van der Waals surface area (Å²) in [5, 5.41) is 5.79. The number of nitrogens with two attached hydrogens (primary N) is 1. The minimum absolute atomic E-state index is 0.446. The van der Waals surface area contributed by atoms with E-state index in [1.54, 1.807) is 24.4 Å². The Balaban J connectivity index is 1.66. The van der Waals surface area contributed by atoms with E-state index < -0.39 is 0 Å². The molecule has 0 saturated heterocycles. The molecular formula is C19H13Cl2N5S. The third-order valence-corrected chi connectivity index (χ3v) is 5.64. The summed E-state index contributed by atoms with van der Waals surface area (Å²) in [6, 6.07) is 15.2. The fourth-order valence-corrected chi connectivity index (χ4v) is 3.76. The number of fused-ring (bicyclic) bond motifs is 1. The summed E-state index contributed by atoms with van der Waals surface area (Å²) in [6.45, 7) is 0. The quantitative estimate of drug-likeness (QED) is 0.411. The molecule has 0 saturated carbocycles. The lowest BCUT2D eigenvalue weighted by Crippen LogP contribution is -2.02. The lowest BCUT2D eigenvalue weighted by Gasteiger charge is -2.12. The van der Waals surface area contributed by atoms with E-state index in [9.17, 15) is 0 Å². The van der Waals surface area contributed by atoms with Gasteiger partial charge in [-0.05, 0) is 30.3 Å². The highest BCUT2D eigenvalue weighted by molar-refractivity contribution is 7.99. The number of anilines is 3. The minimum Gasteiger partial charge on any atom is -0.394 e. The Morgan fingerprint density at radius 3 is 2.63 bits per heavy atom. The molecule has 0 bridgehead atoms. The number of halogens is 2. The van der Waals surface area contributed by atoms with Gasteiger partial charge in [-0.3, -0.25) is 4.98 Å². The molecule has 0 aliphatic rings. The fraction of sp³-hybridized carbons (Fsp3) is 0. The Morgan fingerprint density at radius 1 is 0.926 bits per heavy atom. The van der Waals surface area contributed by atoms with Crippen LogP contribution in [0.2, 0.25) is 10.0 Å². The second kappa shape index (κ2) is 7.60. The van der Waals surface area contributed by atoms with Crippen LogP contribution in [0.4, 0.5) is 17.2 Å². The molecular weight excluding hydrogens is 401 g/mol. The highest BCUT2D eigenvalue weighted by Gasteiger charge is 2.12. The van der Waals surface area contributed by atoms with E-state index in [-0.39, 0.29) is 0 Å². The molecule has 4 rings (SSSR count). The molecule has 4 aromatic rings. The van der Waals surface area contributed by atoms with Gasteiger partial charge in [-0.15, -0.1) is 0 Å².